The molecule has 0 spiro atoms. The summed E-state index contributed by atoms with van der Waals surface area (Å²) in [6.07, 6.45) is 1.66. The number of anilines is 1. The van der Waals surface area contributed by atoms with Crippen molar-refractivity contribution in [1.82, 2.24) is 10.3 Å². The molecule has 0 bridgehead atoms. The van der Waals surface area contributed by atoms with Crippen molar-refractivity contribution < 1.29 is 9.47 Å². The summed E-state index contributed by atoms with van der Waals surface area (Å²) in [7, 11) is 1.58. The quantitative estimate of drug-likeness (QED) is 0.624. The number of para-hydroxylation sites is 1. The number of methoxy groups -OCH3 is 1. The van der Waals surface area contributed by atoms with Gasteiger partial charge in [0, 0.05) is 6.20 Å². The fourth-order valence-corrected chi connectivity index (χ4v) is 2.08. The molecule has 0 saturated heterocycles. The lowest BCUT2D eigenvalue weighted by Crippen LogP contribution is -2.32. The maximum atomic E-state index is 6.00. The van der Waals surface area contributed by atoms with E-state index < -0.39 is 0 Å². The van der Waals surface area contributed by atoms with Crippen LogP contribution in [0.5, 0.6) is 11.5 Å². The maximum Gasteiger partial charge on any atom is 0.174 e. The number of hydrogen-bond donors (Lipinski definition) is 2. The molecule has 1 heterocycles. The van der Waals surface area contributed by atoms with Gasteiger partial charge in [0.2, 0.25) is 0 Å². The van der Waals surface area contributed by atoms with Crippen LogP contribution in [0, 0.1) is 0 Å². The SMILES string of the molecule is COc1cccnc1NC(=S)NCCOc1ccccc1Cl. The third-order valence-electron chi connectivity index (χ3n) is 2.70. The van der Waals surface area contributed by atoms with Crippen molar-refractivity contribution in [3.05, 3.63) is 47.6 Å². The predicted octanol–water partition coefficient (Wildman–Crippen LogP) is 3.11. The lowest BCUT2D eigenvalue weighted by Gasteiger charge is -2.13. The second-order valence-corrected chi connectivity index (χ2v) is 5.03. The summed E-state index contributed by atoms with van der Waals surface area (Å²) in [6.45, 7) is 0.969. The summed E-state index contributed by atoms with van der Waals surface area (Å²) in [5.74, 6) is 1.84. The lowest BCUT2D eigenvalue weighted by atomic mass is 10.3. The molecule has 0 aliphatic carbocycles. The summed E-state index contributed by atoms with van der Waals surface area (Å²) < 4.78 is 10.8. The Bertz CT molecular complexity index is 640. The van der Waals surface area contributed by atoms with Crippen molar-refractivity contribution in [2.75, 3.05) is 25.6 Å². The highest BCUT2D eigenvalue weighted by Gasteiger charge is 2.05. The number of nitrogens with one attached hydrogen (secondary N) is 2. The minimum absolute atomic E-state index is 0.435. The smallest absolute Gasteiger partial charge is 0.174 e. The van der Waals surface area contributed by atoms with Crippen LogP contribution in [0.15, 0.2) is 42.6 Å². The first kappa shape index (κ1) is 16.3. The van der Waals surface area contributed by atoms with E-state index in [-0.39, 0.29) is 0 Å². The van der Waals surface area contributed by atoms with E-state index >= 15 is 0 Å². The highest BCUT2D eigenvalue weighted by atomic mass is 35.5. The molecule has 1 aromatic heterocycles. The molecule has 22 heavy (non-hydrogen) atoms. The largest absolute Gasteiger partial charge is 0.493 e. The maximum absolute atomic E-state index is 6.00. The van der Waals surface area contributed by atoms with Crippen LogP contribution in [0.25, 0.3) is 0 Å². The fourth-order valence-electron chi connectivity index (χ4n) is 1.69. The standard InChI is InChI=1S/C15H16ClN3O2S/c1-20-13-7-4-8-17-14(13)19-15(22)18-9-10-21-12-6-3-2-5-11(12)16/h2-8H,9-10H2,1H3,(H2,17,18,19,22). The molecule has 0 radical (unpaired) electrons. The number of benzene rings is 1. The van der Waals surface area contributed by atoms with Crippen LogP contribution < -0.4 is 20.1 Å². The predicted molar refractivity (Wildman–Crippen MR) is 92.0 cm³/mol. The van der Waals surface area contributed by atoms with Gasteiger partial charge < -0.3 is 20.1 Å². The second kappa shape index (κ2) is 8.41. The molecule has 0 aliphatic rings. The van der Waals surface area contributed by atoms with E-state index in [1.54, 1.807) is 31.5 Å². The average Bonchev–Trinajstić information content (AvgIpc) is 2.53. The number of aromatic nitrogens is 1. The van der Waals surface area contributed by atoms with Crippen molar-refractivity contribution in [1.29, 1.82) is 0 Å². The number of pyridine rings is 1. The van der Waals surface area contributed by atoms with Gasteiger partial charge in [-0.05, 0) is 36.5 Å². The normalized spacial score (nSPS) is 9.91. The van der Waals surface area contributed by atoms with Crippen LogP contribution in [0.4, 0.5) is 5.82 Å². The van der Waals surface area contributed by atoms with E-state index in [0.717, 1.165) is 0 Å². The van der Waals surface area contributed by atoms with Crippen molar-refractivity contribution >= 4 is 34.7 Å². The molecule has 0 atom stereocenters. The van der Waals surface area contributed by atoms with Crippen LogP contribution in [-0.2, 0) is 0 Å². The molecule has 1 aromatic carbocycles. The molecular weight excluding hydrogens is 322 g/mol. The van der Waals surface area contributed by atoms with E-state index in [1.165, 1.54) is 0 Å². The third kappa shape index (κ3) is 4.75. The number of ether oxygens (including phenoxy) is 2. The zero-order valence-corrected chi connectivity index (χ0v) is 13.6. The zero-order chi connectivity index (χ0) is 15.8. The van der Waals surface area contributed by atoms with Crippen molar-refractivity contribution in [2.45, 2.75) is 0 Å². The van der Waals surface area contributed by atoms with Crippen molar-refractivity contribution in [3.63, 3.8) is 0 Å². The Morgan fingerprint density at radius 2 is 2.00 bits per heavy atom. The first-order valence-electron chi connectivity index (χ1n) is 6.62. The van der Waals surface area contributed by atoms with Crippen molar-refractivity contribution in [3.8, 4) is 11.5 Å². The summed E-state index contributed by atoms with van der Waals surface area (Å²) >= 11 is 11.2. The van der Waals surface area contributed by atoms with E-state index in [1.807, 2.05) is 18.2 Å². The lowest BCUT2D eigenvalue weighted by molar-refractivity contribution is 0.323. The Kier molecular flexibility index (Phi) is 6.24. The van der Waals surface area contributed by atoms with Gasteiger partial charge in [0.05, 0.1) is 18.7 Å². The van der Waals surface area contributed by atoms with E-state index in [2.05, 4.69) is 15.6 Å². The molecule has 5 nitrogen and oxygen atoms in total. The molecule has 0 saturated carbocycles. The molecule has 2 aromatic rings. The van der Waals surface area contributed by atoms with Gasteiger partial charge in [-0.15, -0.1) is 0 Å². The number of nitrogens with zero attached hydrogens (tertiary/aromatic N) is 1. The Hall–Kier alpha value is -2.05. The first-order chi connectivity index (χ1) is 10.7. The van der Waals surface area contributed by atoms with Crippen LogP contribution in [0.3, 0.4) is 0 Å². The minimum Gasteiger partial charge on any atom is -0.493 e. The fraction of sp³-hybridized carbons (Fsp3) is 0.200. The molecule has 2 rings (SSSR count). The number of thiocarbonyl (C=S) groups is 1. The van der Waals surface area contributed by atoms with Gasteiger partial charge in [-0.1, -0.05) is 23.7 Å². The minimum atomic E-state index is 0.435. The Morgan fingerprint density at radius 3 is 2.77 bits per heavy atom. The molecule has 0 aliphatic heterocycles. The topological polar surface area (TPSA) is 55.4 Å². The molecule has 2 N–H and O–H groups in total. The molecular formula is C15H16ClN3O2S. The van der Waals surface area contributed by atoms with Gasteiger partial charge in [-0.3, -0.25) is 0 Å². The summed E-state index contributed by atoms with van der Waals surface area (Å²) in [4.78, 5) is 4.16. The van der Waals surface area contributed by atoms with Gasteiger partial charge in [-0.2, -0.15) is 0 Å². The third-order valence-corrected chi connectivity index (χ3v) is 3.26. The Balaban J connectivity index is 1.75. The molecule has 7 heteroatoms. The summed E-state index contributed by atoms with van der Waals surface area (Å²) in [5.41, 5.74) is 0. The van der Waals surface area contributed by atoms with Gasteiger partial charge in [0.1, 0.15) is 12.4 Å². The average molecular weight is 338 g/mol. The number of rotatable bonds is 6. The van der Waals surface area contributed by atoms with Crippen molar-refractivity contribution in [2.24, 2.45) is 0 Å². The highest BCUT2D eigenvalue weighted by molar-refractivity contribution is 7.80. The van der Waals surface area contributed by atoms with Crippen LogP contribution in [0.2, 0.25) is 5.02 Å². The van der Waals surface area contributed by atoms with Gasteiger partial charge in [-0.25, -0.2) is 4.98 Å². The van der Waals surface area contributed by atoms with E-state index in [4.69, 9.17) is 33.3 Å². The van der Waals surface area contributed by atoms with E-state index in [9.17, 15) is 0 Å². The summed E-state index contributed by atoms with van der Waals surface area (Å²) in [5, 5.41) is 7.03. The van der Waals surface area contributed by atoms with Gasteiger partial charge >= 0.3 is 0 Å². The Morgan fingerprint density at radius 1 is 1.23 bits per heavy atom. The zero-order valence-electron chi connectivity index (χ0n) is 12.0. The molecule has 0 amide bonds. The highest BCUT2D eigenvalue weighted by Crippen LogP contribution is 2.22. The van der Waals surface area contributed by atoms with Gasteiger partial charge in [0.25, 0.3) is 0 Å². The Labute approximate surface area is 139 Å². The van der Waals surface area contributed by atoms with Crippen LogP contribution >= 0.6 is 23.8 Å². The monoisotopic (exact) mass is 337 g/mol. The van der Waals surface area contributed by atoms with Crippen LogP contribution in [0.1, 0.15) is 0 Å². The molecule has 0 fully saturated rings. The summed E-state index contributed by atoms with van der Waals surface area (Å²) in [6, 6.07) is 10.9. The number of hydrogen-bond acceptors (Lipinski definition) is 4. The van der Waals surface area contributed by atoms with E-state index in [0.29, 0.717) is 40.6 Å². The van der Waals surface area contributed by atoms with Crippen LogP contribution in [-0.4, -0.2) is 30.4 Å². The first-order valence-corrected chi connectivity index (χ1v) is 7.40. The van der Waals surface area contributed by atoms with Gasteiger partial charge in [0.15, 0.2) is 16.7 Å². The second-order valence-electron chi connectivity index (χ2n) is 4.21. The molecule has 0 unspecified atom stereocenters. The number of halogens is 1. The molecule has 116 valence electrons.